The number of rotatable bonds is 4. The highest BCUT2D eigenvalue weighted by Crippen LogP contribution is 2.38. The predicted molar refractivity (Wildman–Crippen MR) is 81.3 cm³/mol. The second-order valence-corrected chi connectivity index (χ2v) is 7.59. The van der Waals surface area contributed by atoms with E-state index in [1.807, 2.05) is 0 Å². The van der Waals surface area contributed by atoms with Gasteiger partial charge in [-0.1, -0.05) is 6.92 Å². The van der Waals surface area contributed by atoms with Crippen LogP contribution >= 0.6 is 0 Å². The molecule has 2 unspecified atom stereocenters. The van der Waals surface area contributed by atoms with E-state index in [2.05, 4.69) is 30.3 Å². The van der Waals surface area contributed by atoms with Crippen molar-refractivity contribution in [1.29, 1.82) is 5.26 Å². The summed E-state index contributed by atoms with van der Waals surface area (Å²) in [4.78, 5) is 2.61. The largest absolute Gasteiger partial charge is 0.300 e. The summed E-state index contributed by atoms with van der Waals surface area (Å²) in [7, 11) is 2.30. The summed E-state index contributed by atoms with van der Waals surface area (Å²) in [5, 5.41) is 13.2. The Morgan fingerprint density at radius 3 is 2.35 bits per heavy atom. The van der Waals surface area contributed by atoms with Crippen LogP contribution in [0.15, 0.2) is 0 Å². The van der Waals surface area contributed by atoms with Crippen LogP contribution in [0.2, 0.25) is 0 Å². The third-order valence-corrected chi connectivity index (χ3v) is 5.90. The van der Waals surface area contributed by atoms with Crippen LogP contribution < -0.4 is 5.32 Å². The zero-order valence-electron chi connectivity index (χ0n) is 13.1. The third kappa shape index (κ3) is 3.02. The minimum Gasteiger partial charge on any atom is -0.300 e. The molecule has 3 fully saturated rings. The van der Waals surface area contributed by atoms with Gasteiger partial charge in [0.15, 0.2) is 0 Å². The van der Waals surface area contributed by atoms with E-state index in [0.29, 0.717) is 12.1 Å². The zero-order valence-corrected chi connectivity index (χ0v) is 13.1. The predicted octanol–water partition coefficient (Wildman–Crippen LogP) is 3.06. The second-order valence-electron chi connectivity index (χ2n) is 7.59. The molecule has 3 nitrogen and oxygen atoms in total. The third-order valence-electron chi connectivity index (χ3n) is 5.90. The lowest BCUT2D eigenvalue weighted by atomic mass is 9.86. The van der Waals surface area contributed by atoms with Crippen molar-refractivity contribution in [2.45, 2.75) is 88.4 Å². The Morgan fingerprint density at radius 1 is 1.05 bits per heavy atom. The molecule has 3 saturated carbocycles. The highest BCUT2D eigenvalue weighted by atomic mass is 15.2. The molecule has 0 aromatic carbocycles. The number of nitriles is 1. The van der Waals surface area contributed by atoms with Crippen molar-refractivity contribution in [3.05, 3.63) is 0 Å². The van der Waals surface area contributed by atoms with Gasteiger partial charge in [0.1, 0.15) is 5.54 Å². The molecule has 0 aromatic heterocycles. The number of nitrogens with zero attached hydrogens (tertiary/aromatic N) is 2. The van der Waals surface area contributed by atoms with Gasteiger partial charge in [-0.25, -0.2) is 0 Å². The van der Waals surface area contributed by atoms with Gasteiger partial charge < -0.3 is 4.90 Å². The molecule has 2 atom stereocenters. The maximum absolute atomic E-state index is 9.61. The van der Waals surface area contributed by atoms with Crippen LogP contribution in [0.4, 0.5) is 0 Å². The molecule has 3 aliphatic rings. The quantitative estimate of drug-likeness (QED) is 0.857. The van der Waals surface area contributed by atoms with E-state index in [1.54, 1.807) is 0 Å². The monoisotopic (exact) mass is 275 g/mol. The fourth-order valence-corrected chi connectivity index (χ4v) is 4.20. The van der Waals surface area contributed by atoms with E-state index < -0.39 is 0 Å². The minimum absolute atomic E-state index is 0.220. The summed E-state index contributed by atoms with van der Waals surface area (Å²) in [5.74, 6) is 0.915. The first-order valence-corrected chi connectivity index (χ1v) is 8.53. The van der Waals surface area contributed by atoms with Gasteiger partial charge in [-0.05, 0) is 70.8 Å². The minimum atomic E-state index is -0.220. The zero-order chi connectivity index (χ0) is 14.2. The highest BCUT2D eigenvalue weighted by Gasteiger charge is 2.44. The van der Waals surface area contributed by atoms with Crippen LogP contribution in [0.5, 0.6) is 0 Å². The molecule has 20 heavy (non-hydrogen) atoms. The molecule has 3 rings (SSSR count). The Balaban J connectivity index is 1.56. The molecule has 0 heterocycles. The molecule has 0 spiro atoms. The molecule has 0 saturated heterocycles. The summed E-state index contributed by atoms with van der Waals surface area (Å²) < 4.78 is 0. The molecule has 0 aliphatic heterocycles. The van der Waals surface area contributed by atoms with Gasteiger partial charge in [-0.2, -0.15) is 5.26 Å². The van der Waals surface area contributed by atoms with Gasteiger partial charge in [0.05, 0.1) is 6.07 Å². The molecule has 0 amide bonds. The molecule has 0 aromatic rings. The van der Waals surface area contributed by atoms with E-state index in [4.69, 9.17) is 0 Å². The van der Waals surface area contributed by atoms with E-state index >= 15 is 0 Å². The Kier molecular flexibility index (Phi) is 4.06. The summed E-state index contributed by atoms with van der Waals surface area (Å²) in [6.07, 6.45) is 11.3. The van der Waals surface area contributed by atoms with Crippen molar-refractivity contribution in [2.24, 2.45) is 5.92 Å². The summed E-state index contributed by atoms with van der Waals surface area (Å²) in [5.41, 5.74) is -0.220. The first-order valence-electron chi connectivity index (χ1n) is 8.53. The maximum Gasteiger partial charge on any atom is 0.108 e. The Morgan fingerprint density at radius 2 is 1.75 bits per heavy atom. The first kappa shape index (κ1) is 14.4. The second kappa shape index (κ2) is 5.66. The average Bonchev–Trinajstić information content (AvgIpc) is 3.16. The molecule has 1 N–H and O–H groups in total. The average molecular weight is 275 g/mol. The molecular formula is C17H29N3. The number of hydrogen-bond donors (Lipinski definition) is 1. The smallest absolute Gasteiger partial charge is 0.108 e. The SMILES string of the molecule is CC1CCC(N(C)C2CCC(C#N)(NC3CC3)C2)CC1. The van der Waals surface area contributed by atoms with Crippen LogP contribution in [-0.2, 0) is 0 Å². The van der Waals surface area contributed by atoms with Gasteiger partial charge in [-0.3, -0.25) is 5.32 Å². The molecule has 3 heteroatoms. The van der Waals surface area contributed by atoms with E-state index in [9.17, 15) is 5.26 Å². The van der Waals surface area contributed by atoms with Crippen LogP contribution in [0, 0.1) is 17.2 Å². The number of nitrogens with one attached hydrogen (secondary N) is 1. The molecular weight excluding hydrogens is 246 g/mol. The van der Waals surface area contributed by atoms with Crippen molar-refractivity contribution < 1.29 is 0 Å². The Labute approximate surface area is 123 Å². The van der Waals surface area contributed by atoms with Crippen LogP contribution in [0.3, 0.4) is 0 Å². The number of hydrogen-bond acceptors (Lipinski definition) is 3. The molecule has 0 bridgehead atoms. The molecule has 0 radical (unpaired) electrons. The van der Waals surface area contributed by atoms with Crippen molar-refractivity contribution in [1.82, 2.24) is 10.2 Å². The summed E-state index contributed by atoms with van der Waals surface area (Å²) in [6, 6.07) is 4.61. The Hall–Kier alpha value is -0.590. The topological polar surface area (TPSA) is 39.1 Å². The standard InChI is InChI=1S/C17H29N3/c1-13-3-7-15(8-4-13)20(2)16-9-10-17(11-16,12-18)19-14-5-6-14/h13-16,19H,3-11H2,1-2H3. The van der Waals surface area contributed by atoms with Gasteiger partial charge in [-0.15, -0.1) is 0 Å². The fraction of sp³-hybridized carbons (Fsp3) is 0.941. The van der Waals surface area contributed by atoms with Crippen molar-refractivity contribution >= 4 is 0 Å². The lowest BCUT2D eigenvalue weighted by Gasteiger charge is -2.37. The fourth-order valence-electron chi connectivity index (χ4n) is 4.20. The van der Waals surface area contributed by atoms with E-state index in [0.717, 1.165) is 24.8 Å². The normalized spacial score (nSPS) is 41.8. The summed E-state index contributed by atoms with van der Waals surface area (Å²) in [6.45, 7) is 2.38. The van der Waals surface area contributed by atoms with Crippen molar-refractivity contribution in [3.63, 3.8) is 0 Å². The van der Waals surface area contributed by atoms with Crippen molar-refractivity contribution in [2.75, 3.05) is 7.05 Å². The summed E-state index contributed by atoms with van der Waals surface area (Å²) >= 11 is 0. The van der Waals surface area contributed by atoms with E-state index in [-0.39, 0.29) is 5.54 Å². The molecule has 112 valence electrons. The van der Waals surface area contributed by atoms with Gasteiger partial charge in [0.25, 0.3) is 0 Å². The lowest BCUT2D eigenvalue weighted by molar-refractivity contribution is 0.122. The van der Waals surface area contributed by atoms with E-state index in [1.165, 1.54) is 44.9 Å². The van der Waals surface area contributed by atoms with Gasteiger partial charge in [0.2, 0.25) is 0 Å². The Bertz CT molecular complexity index is 376. The van der Waals surface area contributed by atoms with Crippen molar-refractivity contribution in [3.8, 4) is 6.07 Å². The van der Waals surface area contributed by atoms with Gasteiger partial charge in [0, 0.05) is 18.1 Å². The first-order chi connectivity index (χ1) is 9.62. The van der Waals surface area contributed by atoms with Gasteiger partial charge >= 0.3 is 0 Å². The van der Waals surface area contributed by atoms with Crippen LogP contribution in [-0.4, -0.2) is 35.6 Å². The highest BCUT2D eigenvalue weighted by molar-refractivity contribution is 5.15. The van der Waals surface area contributed by atoms with Crippen LogP contribution in [0.1, 0.15) is 64.7 Å². The lowest BCUT2D eigenvalue weighted by Crippen LogP contribution is -2.46. The molecule has 3 aliphatic carbocycles. The maximum atomic E-state index is 9.61. The van der Waals surface area contributed by atoms with Crippen LogP contribution in [0.25, 0.3) is 0 Å².